The van der Waals surface area contributed by atoms with Gasteiger partial charge in [0.15, 0.2) is 0 Å². The summed E-state index contributed by atoms with van der Waals surface area (Å²) in [6.45, 7) is 0.444. The number of hydrogen-bond donors (Lipinski definition) is 3. The maximum absolute atomic E-state index is 10.6. The van der Waals surface area contributed by atoms with Crippen LogP contribution in [0.4, 0.5) is 0 Å². The van der Waals surface area contributed by atoms with E-state index in [1.165, 1.54) is 0 Å². The molecule has 3 N–H and O–H groups in total. The monoisotopic (exact) mass is 147 g/mol. The topological polar surface area (TPSA) is 69.6 Å². The zero-order valence-electron chi connectivity index (χ0n) is 5.84. The Morgan fingerprint density at radius 2 is 2.00 bits per heavy atom. The van der Waals surface area contributed by atoms with Crippen LogP contribution in [0.2, 0.25) is 0 Å². The van der Waals surface area contributed by atoms with Crippen molar-refractivity contribution in [1.82, 2.24) is 5.32 Å². The van der Waals surface area contributed by atoms with Crippen LogP contribution >= 0.6 is 0 Å². The Kier molecular flexibility index (Phi) is 6.11. The molecule has 10 heavy (non-hydrogen) atoms. The number of rotatable bonds is 5. The van der Waals surface area contributed by atoms with Crippen LogP contribution in [0.25, 0.3) is 0 Å². The van der Waals surface area contributed by atoms with E-state index < -0.39 is 0 Å². The van der Waals surface area contributed by atoms with Crippen molar-refractivity contribution in [3.8, 4) is 0 Å². The fraction of sp³-hybridized carbons (Fsp3) is 0.833. The average molecular weight is 147 g/mol. The zero-order valence-corrected chi connectivity index (χ0v) is 5.84. The summed E-state index contributed by atoms with van der Waals surface area (Å²) in [6, 6.07) is 0. The van der Waals surface area contributed by atoms with E-state index in [0.717, 1.165) is 0 Å². The maximum Gasteiger partial charge on any atom is 0.222 e. The Balaban J connectivity index is 3.05. The molecule has 0 radical (unpaired) electrons. The van der Waals surface area contributed by atoms with Crippen LogP contribution in [0.1, 0.15) is 12.8 Å². The van der Waals surface area contributed by atoms with Gasteiger partial charge in [-0.25, -0.2) is 0 Å². The summed E-state index contributed by atoms with van der Waals surface area (Å²) in [5.41, 5.74) is 0. The lowest BCUT2D eigenvalue weighted by Crippen LogP contribution is -2.25. The van der Waals surface area contributed by atoms with Crippen LogP contribution in [0.3, 0.4) is 0 Å². The molecule has 0 fully saturated rings. The van der Waals surface area contributed by atoms with Crippen LogP contribution < -0.4 is 5.32 Å². The van der Waals surface area contributed by atoms with Gasteiger partial charge < -0.3 is 15.5 Å². The summed E-state index contributed by atoms with van der Waals surface area (Å²) in [5, 5.41) is 19.1. The summed E-state index contributed by atoms with van der Waals surface area (Å²) >= 11 is 0. The molecule has 0 saturated heterocycles. The van der Waals surface area contributed by atoms with Crippen molar-refractivity contribution in [3.05, 3.63) is 0 Å². The van der Waals surface area contributed by atoms with Crippen LogP contribution in [-0.2, 0) is 4.79 Å². The number of aliphatic hydroxyl groups excluding tert-OH is 2. The molecule has 1 amide bonds. The molecule has 0 aromatic carbocycles. The molecule has 0 aliphatic rings. The number of aliphatic hydroxyl groups is 2. The van der Waals surface area contributed by atoms with Crippen molar-refractivity contribution >= 4 is 5.91 Å². The minimum Gasteiger partial charge on any atom is -0.396 e. The van der Waals surface area contributed by atoms with Gasteiger partial charge in [0.25, 0.3) is 0 Å². The van der Waals surface area contributed by atoms with Crippen molar-refractivity contribution in [3.63, 3.8) is 0 Å². The van der Waals surface area contributed by atoms with E-state index in [1.807, 2.05) is 0 Å². The van der Waals surface area contributed by atoms with E-state index >= 15 is 0 Å². The van der Waals surface area contributed by atoms with Gasteiger partial charge in [-0.3, -0.25) is 4.79 Å². The maximum atomic E-state index is 10.6. The third-order valence-electron chi connectivity index (χ3n) is 0.996. The molecule has 0 spiro atoms. The minimum absolute atomic E-state index is 0.0827. The molecule has 60 valence electrons. The first kappa shape index (κ1) is 9.39. The normalized spacial score (nSPS) is 9.40. The highest BCUT2D eigenvalue weighted by molar-refractivity contribution is 5.75. The largest absolute Gasteiger partial charge is 0.396 e. The van der Waals surface area contributed by atoms with Crippen molar-refractivity contribution in [1.29, 1.82) is 0 Å². The highest BCUT2D eigenvalue weighted by Crippen LogP contribution is 1.77. The molecule has 0 bridgehead atoms. The zero-order chi connectivity index (χ0) is 7.82. The molecule has 0 aliphatic carbocycles. The molecule has 4 nitrogen and oxygen atoms in total. The van der Waals surface area contributed by atoms with Crippen LogP contribution in [0.15, 0.2) is 0 Å². The van der Waals surface area contributed by atoms with E-state index in [1.54, 1.807) is 0 Å². The Morgan fingerprint density at radius 3 is 2.50 bits per heavy atom. The second-order valence-corrected chi connectivity index (χ2v) is 1.90. The quantitative estimate of drug-likeness (QED) is 0.431. The van der Waals surface area contributed by atoms with Crippen molar-refractivity contribution in [2.45, 2.75) is 12.8 Å². The summed E-state index contributed by atoms with van der Waals surface area (Å²) in [4.78, 5) is 10.6. The van der Waals surface area contributed by atoms with Crippen LogP contribution in [0.5, 0.6) is 0 Å². The molecule has 0 saturated carbocycles. The van der Waals surface area contributed by atoms with Crippen LogP contribution in [0, 0.1) is 0 Å². The standard InChI is InChI=1S/C6H13NO3/c8-4-1-3-7-6(10)2-5-9/h8-9H,1-5H2,(H,7,10). The SMILES string of the molecule is O=C(CCO)NCCCO. The first-order chi connectivity index (χ1) is 4.81. The van der Waals surface area contributed by atoms with E-state index in [4.69, 9.17) is 10.2 Å². The third kappa shape index (κ3) is 5.53. The molecule has 0 aromatic heterocycles. The van der Waals surface area contributed by atoms with Crippen LogP contribution in [-0.4, -0.2) is 35.9 Å². The van der Waals surface area contributed by atoms with Gasteiger partial charge in [0.05, 0.1) is 6.61 Å². The van der Waals surface area contributed by atoms with E-state index in [-0.39, 0.29) is 25.5 Å². The molecule has 0 aromatic rings. The van der Waals surface area contributed by atoms with Gasteiger partial charge in [0.2, 0.25) is 5.91 Å². The Labute approximate surface area is 59.9 Å². The molecular formula is C6H13NO3. The van der Waals surface area contributed by atoms with Gasteiger partial charge in [0.1, 0.15) is 0 Å². The second-order valence-electron chi connectivity index (χ2n) is 1.90. The highest BCUT2D eigenvalue weighted by atomic mass is 16.3. The number of amides is 1. The van der Waals surface area contributed by atoms with E-state index in [9.17, 15) is 4.79 Å². The summed E-state index contributed by atoms with van der Waals surface area (Å²) in [5.74, 6) is -0.170. The predicted molar refractivity (Wildman–Crippen MR) is 36.4 cm³/mol. The molecule has 0 aliphatic heterocycles. The lowest BCUT2D eigenvalue weighted by atomic mass is 10.4. The smallest absolute Gasteiger partial charge is 0.222 e. The predicted octanol–water partition coefficient (Wildman–Crippen LogP) is -1.13. The molecule has 4 heteroatoms. The first-order valence-electron chi connectivity index (χ1n) is 3.29. The van der Waals surface area contributed by atoms with E-state index in [2.05, 4.69) is 5.32 Å². The van der Waals surface area contributed by atoms with Gasteiger partial charge in [0, 0.05) is 19.6 Å². The molecular weight excluding hydrogens is 134 g/mol. The molecule has 0 rings (SSSR count). The summed E-state index contributed by atoms with van der Waals surface area (Å²) in [7, 11) is 0. The second kappa shape index (κ2) is 6.51. The Morgan fingerprint density at radius 1 is 1.30 bits per heavy atom. The average Bonchev–Trinajstić information content (AvgIpc) is 1.89. The van der Waals surface area contributed by atoms with Gasteiger partial charge in [-0.1, -0.05) is 0 Å². The number of carbonyl (C=O) groups excluding carboxylic acids is 1. The number of nitrogens with one attached hydrogen (secondary N) is 1. The van der Waals surface area contributed by atoms with Crippen molar-refractivity contribution in [2.75, 3.05) is 19.8 Å². The fourth-order valence-electron chi connectivity index (χ4n) is 0.497. The molecule has 0 atom stereocenters. The minimum atomic E-state index is -0.170. The van der Waals surface area contributed by atoms with Gasteiger partial charge in [-0.05, 0) is 6.42 Å². The highest BCUT2D eigenvalue weighted by Gasteiger charge is 1.96. The molecule has 0 unspecified atom stereocenters. The fourth-order valence-corrected chi connectivity index (χ4v) is 0.497. The lowest BCUT2D eigenvalue weighted by molar-refractivity contribution is -0.121. The number of hydrogen-bond acceptors (Lipinski definition) is 3. The lowest BCUT2D eigenvalue weighted by Gasteiger charge is -2.00. The Bertz CT molecular complexity index is 95.0. The third-order valence-corrected chi connectivity index (χ3v) is 0.996. The first-order valence-corrected chi connectivity index (χ1v) is 3.29. The Hall–Kier alpha value is -0.610. The number of carbonyl (C=O) groups is 1. The molecule has 0 heterocycles. The van der Waals surface area contributed by atoms with Gasteiger partial charge in [-0.2, -0.15) is 0 Å². The summed E-state index contributed by atoms with van der Waals surface area (Å²) in [6.07, 6.45) is 0.711. The van der Waals surface area contributed by atoms with Crippen molar-refractivity contribution in [2.24, 2.45) is 0 Å². The van der Waals surface area contributed by atoms with E-state index in [0.29, 0.717) is 13.0 Å². The summed E-state index contributed by atoms with van der Waals surface area (Å²) < 4.78 is 0. The van der Waals surface area contributed by atoms with Crippen molar-refractivity contribution < 1.29 is 15.0 Å². The van der Waals surface area contributed by atoms with Gasteiger partial charge >= 0.3 is 0 Å². The van der Waals surface area contributed by atoms with Gasteiger partial charge in [-0.15, -0.1) is 0 Å².